The highest BCUT2D eigenvalue weighted by atomic mass is 33.1. The fraction of sp³-hybridized carbons (Fsp3) is 1.00. The van der Waals surface area contributed by atoms with Gasteiger partial charge in [0, 0.05) is 24.7 Å². The highest BCUT2D eigenvalue weighted by Crippen LogP contribution is 2.32. The molecular formula is C7H15NOS2. The Kier molecular flexibility index (Phi) is 4.06. The average Bonchev–Trinajstić information content (AvgIpc) is 2.04. The van der Waals surface area contributed by atoms with Crippen LogP contribution in [0.2, 0.25) is 0 Å². The fourth-order valence-electron chi connectivity index (χ4n) is 1.16. The third-order valence-electron chi connectivity index (χ3n) is 1.95. The third-order valence-corrected chi connectivity index (χ3v) is 4.38. The van der Waals surface area contributed by atoms with E-state index in [0.717, 1.165) is 5.75 Å². The normalized spacial score (nSPS) is 32.7. The molecule has 2 atom stereocenters. The Bertz CT molecular complexity index is 121. The van der Waals surface area contributed by atoms with E-state index in [1.165, 1.54) is 5.75 Å². The first-order chi connectivity index (χ1) is 5.25. The predicted molar refractivity (Wildman–Crippen MR) is 53.2 cm³/mol. The number of methoxy groups -OCH3 is 1. The van der Waals surface area contributed by atoms with Crippen molar-refractivity contribution in [2.24, 2.45) is 0 Å². The molecule has 66 valence electrons. The van der Waals surface area contributed by atoms with Crippen molar-refractivity contribution in [1.82, 2.24) is 4.90 Å². The SMILES string of the molecule is COC1CSSCC1N(C)C. The maximum atomic E-state index is 5.39. The van der Waals surface area contributed by atoms with Crippen molar-refractivity contribution in [1.29, 1.82) is 0 Å². The highest BCUT2D eigenvalue weighted by molar-refractivity contribution is 8.76. The molecule has 0 aromatic carbocycles. The molecule has 1 aliphatic heterocycles. The van der Waals surface area contributed by atoms with Crippen molar-refractivity contribution in [3.8, 4) is 0 Å². The van der Waals surface area contributed by atoms with Crippen LogP contribution in [0.15, 0.2) is 0 Å². The molecule has 0 N–H and O–H groups in total. The van der Waals surface area contributed by atoms with E-state index in [1.807, 2.05) is 21.6 Å². The van der Waals surface area contributed by atoms with Crippen LogP contribution in [0.25, 0.3) is 0 Å². The van der Waals surface area contributed by atoms with Gasteiger partial charge in [-0.15, -0.1) is 0 Å². The van der Waals surface area contributed by atoms with Gasteiger partial charge in [-0.25, -0.2) is 0 Å². The molecule has 0 aliphatic carbocycles. The Morgan fingerprint density at radius 1 is 1.27 bits per heavy atom. The smallest absolute Gasteiger partial charge is 0.0833 e. The molecule has 4 heteroatoms. The van der Waals surface area contributed by atoms with Gasteiger partial charge in [-0.05, 0) is 14.1 Å². The highest BCUT2D eigenvalue weighted by Gasteiger charge is 2.27. The molecule has 2 unspecified atom stereocenters. The Morgan fingerprint density at radius 3 is 2.36 bits per heavy atom. The zero-order chi connectivity index (χ0) is 8.27. The number of rotatable bonds is 2. The first kappa shape index (κ1) is 9.71. The van der Waals surface area contributed by atoms with Gasteiger partial charge in [-0.1, -0.05) is 21.6 Å². The van der Waals surface area contributed by atoms with Gasteiger partial charge in [-0.2, -0.15) is 0 Å². The van der Waals surface area contributed by atoms with E-state index in [4.69, 9.17) is 4.74 Å². The van der Waals surface area contributed by atoms with E-state index in [9.17, 15) is 0 Å². The maximum Gasteiger partial charge on any atom is 0.0833 e. The molecule has 0 saturated carbocycles. The zero-order valence-electron chi connectivity index (χ0n) is 7.24. The van der Waals surface area contributed by atoms with Crippen molar-refractivity contribution in [2.75, 3.05) is 32.7 Å². The van der Waals surface area contributed by atoms with Crippen molar-refractivity contribution in [3.63, 3.8) is 0 Å². The number of hydrogen-bond acceptors (Lipinski definition) is 4. The Balaban J connectivity index is 2.44. The number of ether oxygens (including phenoxy) is 1. The van der Waals surface area contributed by atoms with Gasteiger partial charge < -0.3 is 9.64 Å². The van der Waals surface area contributed by atoms with Crippen LogP contribution in [0.3, 0.4) is 0 Å². The maximum absolute atomic E-state index is 5.39. The van der Waals surface area contributed by atoms with Crippen LogP contribution in [-0.2, 0) is 4.74 Å². The first-order valence-electron chi connectivity index (χ1n) is 3.69. The van der Waals surface area contributed by atoms with Crippen LogP contribution in [0.5, 0.6) is 0 Å². The fourth-order valence-corrected chi connectivity index (χ4v) is 3.89. The lowest BCUT2D eigenvalue weighted by Gasteiger charge is -2.33. The van der Waals surface area contributed by atoms with Gasteiger partial charge in [0.25, 0.3) is 0 Å². The summed E-state index contributed by atoms with van der Waals surface area (Å²) in [6.07, 6.45) is 0.413. The minimum Gasteiger partial charge on any atom is -0.379 e. The third kappa shape index (κ3) is 2.54. The second-order valence-corrected chi connectivity index (χ2v) is 5.43. The average molecular weight is 193 g/mol. The second-order valence-electron chi connectivity index (χ2n) is 2.87. The van der Waals surface area contributed by atoms with Crippen LogP contribution in [0, 0.1) is 0 Å². The van der Waals surface area contributed by atoms with Crippen LogP contribution in [-0.4, -0.2) is 49.8 Å². The van der Waals surface area contributed by atoms with Gasteiger partial charge in [-0.3, -0.25) is 0 Å². The lowest BCUT2D eigenvalue weighted by Crippen LogP contribution is -2.44. The molecule has 11 heavy (non-hydrogen) atoms. The molecule has 1 saturated heterocycles. The summed E-state index contributed by atoms with van der Waals surface area (Å²) in [6.45, 7) is 0. The van der Waals surface area contributed by atoms with E-state index >= 15 is 0 Å². The van der Waals surface area contributed by atoms with E-state index in [1.54, 1.807) is 7.11 Å². The Hall–Kier alpha value is 0.620. The van der Waals surface area contributed by atoms with Crippen molar-refractivity contribution in [3.05, 3.63) is 0 Å². The van der Waals surface area contributed by atoms with Crippen LogP contribution in [0.4, 0.5) is 0 Å². The molecule has 0 radical (unpaired) electrons. The summed E-state index contributed by atoms with van der Waals surface area (Å²) in [5, 5.41) is 0. The summed E-state index contributed by atoms with van der Waals surface area (Å²) in [6, 6.07) is 0.589. The Morgan fingerprint density at radius 2 is 1.91 bits per heavy atom. The molecule has 2 nitrogen and oxygen atoms in total. The molecule has 0 spiro atoms. The molecule has 1 fully saturated rings. The summed E-state index contributed by atoms with van der Waals surface area (Å²) in [7, 11) is 9.90. The van der Waals surface area contributed by atoms with E-state index in [2.05, 4.69) is 19.0 Å². The standard InChI is InChI=1S/C7H15NOS2/c1-8(2)6-4-10-11-5-7(6)9-3/h6-7H,4-5H2,1-3H3. The van der Waals surface area contributed by atoms with Crippen LogP contribution in [0.1, 0.15) is 0 Å². The van der Waals surface area contributed by atoms with Gasteiger partial charge in [0.15, 0.2) is 0 Å². The Labute approximate surface area is 76.4 Å². The summed E-state index contributed by atoms with van der Waals surface area (Å²) in [5.74, 6) is 2.29. The van der Waals surface area contributed by atoms with Gasteiger partial charge in [0.2, 0.25) is 0 Å². The largest absolute Gasteiger partial charge is 0.379 e. The van der Waals surface area contributed by atoms with Gasteiger partial charge >= 0.3 is 0 Å². The summed E-state index contributed by atoms with van der Waals surface area (Å²) in [4.78, 5) is 2.25. The van der Waals surface area contributed by atoms with Crippen molar-refractivity contribution in [2.45, 2.75) is 12.1 Å². The number of hydrogen-bond donors (Lipinski definition) is 0. The lowest BCUT2D eigenvalue weighted by atomic mass is 10.2. The summed E-state index contributed by atoms with van der Waals surface area (Å²) < 4.78 is 5.39. The van der Waals surface area contributed by atoms with Gasteiger partial charge in [0.1, 0.15) is 0 Å². The van der Waals surface area contributed by atoms with Crippen molar-refractivity contribution >= 4 is 21.6 Å². The lowest BCUT2D eigenvalue weighted by molar-refractivity contribution is 0.0581. The number of likely N-dealkylation sites (N-methyl/N-ethyl adjacent to an activating group) is 1. The minimum atomic E-state index is 0.413. The zero-order valence-corrected chi connectivity index (χ0v) is 8.87. The molecule has 1 heterocycles. The quantitative estimate of drug-likeness (QED) is 0.613. The van der Waals surface area contributed by atoms with E-state index in [-0.39, 0.29) is 0 Å². The minimum absolute atomic E-state index is 0.413. The molecule has 0 amide bonds. The molecular weight excluding hydrogens is 178 g/mol. The molecule has 1 aliphatic rings. The van der Waals surface area contributed by atoms with E-state index in [0.29, 0.717) is 12.1 Å². The first-order valence-corrected chi connectivity index (χ1v) is 6.18. The summed E-state index contributed by atoms with van der Waals surface area (Å²) >= 11 is 0. The monoisotopic (exact) mass is 193 g/mol. The second kappa shape index (κ2) is 4.60. The van der Waals surface area contributed by atoms with E-state index < -0.39 is 0 Å². The molecule has 1 rings (SSSR count). The molecule has 0 aromatic heterocycles. The molecule has 0 bridgehead atoms. The topological polar surface area (TPSA) is 12.5 Å². The predicted octanol–water partition coefficient (Wildman–Crippen LogP) is 1.33. The van der Waals surface area contributed by atoms with Crippen molar-refractivity contribution < 1.29 is 4.74 Å². The van der Waals surface area contributed by atoms with Crippen LogP contribution >= 0.6 is 21.6 Å². The summed E-state index contributed by atoms with van der Waals surface area (Å²) in [5.41, 5.74) is 0. The van der Waals surface area contributed by atoms with Gasteiger partial charge in [0.05, 0.1) is 6.10 Å². The van der Waals surface area contributed by atoms with Crippen LogP contribution < -0.4 is 0 Å². The molecule has 0 aromatic rings. The number of nitrogens with zero attached hydrogens (tertiary/aromatic N) is 1.